The standard InChI is InChI=1S/C72H94N18O14/c1-47(73-3)65(95)79-59-39-51-19-23-55(24-20-51)103-45-53-41-87(83-81-53)35-33-86(44-64(93)94)32-28-76-68(98)58(38-50-15-9-6-10-16-50)78-70(100)62-18-12-30-90(62)72(102)60(80-66(96)48(2)74-4)40-52-21-25-56(26-22-52)104-46-54-42-88(84-82-54)36-34-85(43-63(91)92)31-27-75-67(97)57(37-49-13-7-5-8-14-49)77-69(99)61-17-11-29-89(61)71(59)101/h5-10,13-16,19-26,41-42,47-48,57-62,73-74H,11-12,17-18,27-40,43-46H2,1-4H3,(H,75,97)(H,76,98)(H,77,99)(H,78,100)(H,79,95)(H,80,96)(H,91,92)(H,93,94). The molecule has 8 amide bonds. The highest BCUT2D eigenvalue weighted by atomic mass is 16.5. The molecule has 32 nitrogen and oxygen atoms in total. The molecule has 6 aliphatic rings. The van der Waals surface area contributed by atoms with Crippen molar-refractivity contribution in [1.82, 2.24) is 92.1 Å². The van der Waals surface area contributed by atoms with Crippen LogP contribution >= 0.6 is 0 Å². The Morgan fingerprint density at radius 1 is 0.510 bits per heavy atom. The maximum Gasteiger partial charge on any atom is 0.317 e. The highest BCUT2D eigenvalue weighted by Crippen LogP contribution is 2.25. The van der Waals surface area contributed by atoms with Gasteiger partial charge in [0.15, 0.2) is 0 Å². The number of aliphatic carboxylic acids is 2. The molecule has 0 radical (unpaired) electrons. The van der Waals surface area contributed by atoms with E-state index in [2.05, 4.69) is 63.2 Å². The number of hydrogen-bond donors (Lipinski definition) is 10. The first-order chi connectivity index (χ1) is 50.2. The summed E-state index contributed by atoms with van der Waals surface area (Å²) < 4.78 is 15.2. The third-order valence-electron chi connectivity index (χ3n) is 18.5. The lowest BCUT2D eigenvalue weighted by molar-refractivity contribution is -0.142. The summed E-state index contributed by atoms with van der Waals surface area (Å²) in [5, 5.41) is 60.0. The van der Waals surface area contributed by atoms with Crippen LogP contribution in [0.3, 0.4) is 0 Å². The molecule has 2 saturated heterocycles. The maximum absolute atomic E-state index is 14.7. The molecule has 2 aromatic heterocycles. The SMILES string of the molecule is CNC(C)C(=O)NC1Cc2ccc(cc2)OCc2cn(nn2)CCN(CC(=O)O)CCNC(=O)C(Cc2ccccc2)NC(=O)C2CCCN2C(=O)C(NC(=O)C(C)NC)Cc2ccc(cc2)OCc2cn(nn2)CCN(CC(=O)O)CCNC(=O)C(Cc2ccccc2)NC(=O)C2CCCN2C1=O. The van der Waals surface area contributed by atoms with Gasteiger partial charge in [0.25, 0.3) is 0 Å². The molecule has 6 aliphatic heterocycles. The molecule has 104 heavy (non-hydrogen) atoms. The van der Waals surface area contributed by atoms with Crippen LogP contribution in [0, 0.1) is 0 Å². The molecule has 8 unspecified atom stereocenters. The number of aromatic nitrogens is 6. The van der Waals surface area contributed by atoms with E-state index >= 15 is 0 Å². The Bertz CT molecular complexity index is 3620. The number of benzene rings is 4. The largest absolute Gasteiger partial charge is 0.487 e. The summed E-state index contributed by atoms with van der Waals surface area (Å²) in [7, 11) is 3.24. The third kappa shape index (κ3) is 23.2. The summed E-state index contributed by atoms with van der Waals surface area (Å²) in [5.41, 5.74) is 3.76. The predicted octanol–water partition coefficient (Wildman–Crippen LogP) is -0.546. The Hall–Kier alpha value is -10.7. The Morgan fingerprint density at radius 3 is 1.26 bits per heavy atom. The zero-order chi connectivity index (χ0) is 74.1. The first kappa shape index (κ1) is 77.5. The van der Waals surface area contributed by atoms with Crippen LogP contribution in [0.2, 0.25) is 0 Å². The van der Waals surface area contributed by atoms with E-state index in [0.29, 0.717) is 59.7 Å². The van der Waals surface area contributed by atoms with Crippen molar-refractivity contribution in [2.24, 2.45) is 0 Å². The van der Waals surface area contributed by atoms with E-state index in [-0.39, 0.29) is 117 Å². The fraction of sp³-hybridized carbons (Fsp3) is 0.472. The van der Waals surface area contributed by atoms with Crippen molar-refractivity contribution in [2.45, 2.75) is 140 Å². The van der Waals surface area contributed by atoms with Crippen LogP contribution in [0.25, 0.3) is 0 Å². The quantitative estimate of drug-likeness (QED) is 0.0654. The average Bonchev–Trinajstić information content (AvgIpc) is 1.64. The minimum absolute atomic E-state index is 0.00338. The minimum Gasteiger partial charge on any atom is -0.487 e. The van der Waals surface area contributed by atoms with E-state index in [9.17, 15) is 58.2 Å². The van der Waals surface area contributed by atoms with Gasteiger partial charge in [0, 0.05) is 78.0 Å². The lowest BCUT2D eigenvalue weighted by Crippen LogP contribution is -2.58. The van der Waals surface area contributed by atoms with Crippen LogP contribution in [0.4, 0.5) is 0 Å². The van der Waals surface area contributed by atoms with Gasteiger partial charge in [-0.1, -0.05) is 95.4 Å². The van der Waals surface area contributed by atoms with E-state index in [1.165, 1.54) is 9.80 Å². The van der Waals surface area contributed by atoms with E-state index in [1.807, 2.05) is 60.7 Å². The third-order valence-corrected chi connectivity index (χ3v) is 18.5. The van der Waals surface area contributed by atoms with Crippen molar-refractivity contribution in [3.63, 3.8) is 0 Å². The second-order valence-corrected chi connectivity index (χ2v) is 26.2. The molecular formula is C72H94N18O14. The van der Waals surface area contributed by atoms with Gasteiger partial charge in [0.05, 0.1) is 50.7 Å². The maximum atomic E-state index is 14.7. The van der Waals surface area contributed by atoms with E-state index in [1.54, 1.807) is 108 Å². The predicted molar refractivity (Wildman–Crippen MR) is 378 cm³/mol. The van der Waals surface area contributed by atoms with Gasteiger partial charge in [0.1, 0.15) is 72.4 Å². The van der Waals surface area contributed by atoms with Crippen molar-refractivity contribution in [2.75, 3.05) is 79.5 Å². The van der Waals surface area contributed by atoms with Crippen molar-refractivity contribution in [3.8, 4) is 11.5 Å². The van der Waals surface area contributed by atoms with Crippen LogP contribution in [-0.4, -0.2) is 247 Å². The molecular weight excluding hydrogens is 1340 g/mol. The van der Waals surface area contributed by atoms with Gasteiger partial charge >= 0.3 is 11.9 Å². The van der Waals surface area contributed by atoms with Crippen LogP contribution in [0.15, 0.2) is 122 Å². The first-order valence-electron chi connectivity index (χ1n) is 35.1. The van der Waals surface area contributed by atoms with Crippen LogP contribution in [0.5, 0.6) is 11.5 Å². The second kappa shape index (κ2) is 38.5. The number of nitrogens with one attached hydrogen (secondary N) is 8. The van der Waals surface area contributed by atoms with Gasteiger partial charge < -0.3 is 72.0 Å². The number of hydrogen-bond acceptors (Lipinski definition) is 20. The summed E-state index contributed by atoms with van der Waals surface area (Å²) in [5.74, 6) is -5.32. The van der Waals surface area contributed by atoms with Crippen molar-refractivity contribution in [1.29, 1.82) is 0 Å². The Morgan fingerprint density at radius 2 is 0.894 bits per heavy atom. The lowest BCUT2D eigenvalue weighted by Gasteiger charge is -2.30. The van der Waals surface area contributed by atoms with Gasteiger partial charge in [-0.25, -0.2) is 0 Å². The summed E-state index contributed by atoms with van der Waals surface area (Å²) in [6, 6.07) is 24.3. The van der Waals surface area contributed by atoms with Gasteiger partial charge in [-0.3, -0.25) is 67.1 Å². The smallest absolute Gasteiger partial charge is 0.317 e. The van der Waals surface area contributed by atoms with Crippen LogP contribution in [-0.2, 0) is 99.9 Å². The van der Waals surface area contributed by atoms with Crippen LogP contribution in [0.1, 0.15) is 73.2 Å². The molecule has 556 valence electrons. The van der Waals surface area contributed by atoms with Gasteiger partial charge in [-0.2, -0.15) is 0 Å². The Labute approximate surface area is 602 Å². The number of carboxylic acid groups (broad SMARTS) is 2. The molecule has 0 spiro atoms. The van der Waals surface area contributed by atoms with Crippen molar-refractivity contribution < 1.29 is 67.6 Å². The van der Waals surface area contributed by atoms with Crippen molar-refractivity contribution >= 4 is 59.2 Å². The molecule has 4 aromatic carbocycles. The normalized spacial score (nSPS) is 21.6. The molecule has 0 aliphatic carbocycles. The average molecular weight is 1440 g/mol. The number of likely N-dealkylation sites (N-methyl/N-ethyl adjacent to an activating group) is 2. The van der Waals surface area contributed by atoms with E-state index < -0.39 is 108 Å². The highest BCUT2D eigenvalue weighted by molar-refractivity contribution is 5.97. The molecule has 2 fully saturated rings. The highest BCUT2D eigenvalue weighted by Gasteiger charge is 2.41. The first-order valence-corrected chi connectivity index (χ1v) is 35.1. The fourth-order valence-corrected chi connectivity index (χ4v) is 12.5. The molecule has 0 saturated carbocycles. The summed E-state index contributed by atoms with van der Waals surface area (Å²) in [6.45, 7) is 4.07. The monoisotopic (exact) mass is 1430 g/mol. The topological polar surface area (TPSA) is 400 Å². The summed E-state index contributed by atoms with van der Waals surface area (Å²) in [6.07, 6.45) is 5.15. The molecule has 12 rings (SSSR count). The zero-order valence-electron chi connectivity index (χ0n) is 59.0. The minimum atomic E-state index is -1.10. The summed E-state index contributed by atoms with van der Waals surface area (Å²) >= 11 is 0. The second-order valence-electron chi connectivity index (χ2n) is 26.2. The van der Waals surface area contributed by atoms with Gasteiger partial charge in [0.2, 0.25) is 47.3 Å². The number of carbonyl (C=O) groups is 10. The molecule has 8 bridgehead atoms. The molecule has 10 N–H and O–H groups in total. The van der Waals surface area contributed by atoms with Gasteiger partial charge in [-0.15, -0.1) is 10.2 Å². The zero-order valence-corrected chi connectivity index (χ0v) is 59.0. The number of carbonyl (C=O) groups excluding carboxylic acids is 8. The number of ether oxygens (including phenoxy) is 2. The number of carboxylic acids is 2. The fourth-order valence-electron chi connectivity index (χ4n) is 12.5. The Kier molecular flexibility index (Phi) is 28.7. The van der Waals surface area contributed by atoms with Crippen molar-refractivity contribution in [3.05, 3.63) is 155 Å². The van der Waals surface area contributed by atoms with E-state index in [0.717, 1.165) is 11.1 Å². The van der Waals surface area contributed by atoms with Gasteiger partial charge in [-0.05, 0) is 100 Å². The molecule has 8 atom stereocenters. The molecule has 6 aromatic rings. The number of nitrogens with zero attached hydrogens (tertiary/aromatic N) is 10. The summed E-state index contributed by atoms with van der Waals surface area (Å²) in [4.78, 5) is 144. The van der Waals surface area contributed by atoms with E-state index in [4.69, 9.17) is 9.47 Å². The lowest BCUT2D eigenvalue weighted by atomic mass is 10.0. The molecule has 32 heteroatoms. The number of amides is 8. The number of rotatable bonds is 14. The van der Waals surface area contributed by atoms with Crippen LogP contribution < -0.4 is 52.0 Å². The Balaban J connectivity index is 0.932. The molecule has 8 heterocycles.